The molecule has 1 aliphatic rings. The number of urea groups is 1. The molecule has 0 fully saturated rings. The zero-order valence-electron chi connectivity index (χ0n) is 16.0. The third-order valence-electron chi connectivity index (χ3n) is 3.50. The van der Waals surface area contributed by atoms with Crippen LogP contribution in [0.25, 0.3) is 0 Å². The van der Waals surface area contributed by atoms with Crippen molar-refractivity contribution in [1.29, 1.82) is 0 Å². The summed E-state index contributed by atoms with van der Waals surface area (Å²) in [7, 11) is 1.76. The lowest BCUT2D eigenvalue weighted by atomic mass is 10.00. The molecule has 0 aromatic heterocycles. The molecular formula is C17H30N4O4. The molecule has 0 radical (unpaired) electrons. The van der Waals surface area contributed by atoms with Crippen LogP contribution < -0.4 is 16.0 Å². The fraction of sp³-hybridized carbons (Fsp3) is 0.706. The topological polar surface area (TPSA) is 99.8 Å². The normalized spacial score (nSPS) is 17.9. The van der Waals surface area contributed by atoms with Crippen LogP contribution in [0.5, 0.6) is 0 Å². The Morgan fingerprint density at radius 2 is 1.92 bits per heavy atom. The zero-order chi connectivity index (χ0) is 19.2. The highest BCUT2D eigenvalue weighted by Gasteiger charge is 2.32. The minimum Gasteiger partial charge on any atom is -0.463 e. The highest BCUT2D eigenvalue weighted by molar-refractivity contribution is 5.94. The average molecular weight is 354 g/mol. The molecule has 0 bridgehead atoms. The van der Waals surface area contributed by atoms with Gasteiger partial charge in [0.25, 0.3) is 0 Å². The summed E-state index contributed by atoms with van der Waals surface area (Å²) in [5, 5.41) is 8.28. The van der Waals surface area contributed by atoms with Crippen LogP contribution in [0.2, 0.25) is 0 Å². The Bertz CT molecular complexity index is 551. The van der Waals surface area contributed by atoms with E-state index in [0.717, 1.165) is 0 Å². The molecule has 8 heteroatoms. The van der Waals surface area contributed by atoms with Gasteiger partial charge in [-0.1, -0.05) is 6.92 Å². The molecule has 0 aromatic carbocycles. The van der Waals surface area contributed by atoms with Gasteiger partial charge in [0.1, 0.15) is 0 Å². The van der Waals surface area contributed by atoms with Gasteiger partial charge in [0.05, 0.1) is 24.8 Å². The Labute approximate surface area is 149 Å². The van der Waals surface area contributed by atoms with Crippen molar-refractivity contribution in [2.24, 2.45) is 0 Å². The number of likely N-dealkylation sites (N-methyl/N-ethyl adjacent to an activating group) is 1. The molecule has 8 nitrogen and oxygen atoms in total. The molecule has 0 spiro atoms. The van der Waals surface area contributed by atoms with Crippen LogP contribution in [-0.2, 0) is 14.3 Å². The lowest BCUT2D eigenvalue weighted by Crippen LogP contribution is -2.52. The maximum absolute atomic E-state index is 12.3. The molecule has 0 aliphatic carbocycles. The number of hydrogen-bond donors (Lipinski definition) is 3. The molecule has 25 heavy (non-hydrogen) atoms. The van der Waals surface area contributed by atoms with E-state index >= 15 is 0 Å². The maximum atomic E-state index is 12.3. The molecule has 142 valence electrons. The Morgan fingerprint density at radius 1 is 1.28 bits per heavy atom. The van der Waals surface area contributed by atoms with Crippen LogP contribution in [0, 0.1) is 0 Å². The van der Waals surface area contributed by atoms with Crippen molar-refractivity contribution >= 4 is 17.9 Å². The fourth-order valence-corrected chi connectivity index (χ4v) is 2.62. The summed E-state index contributed by atoms with van der Waals surface area (Å²) in [5.41, 5.74) is 0.566. The minimum absolute atomic E-state index is 0.124. The van der Waals surface area contributed by atoms with Crippen molar-refractivity contribution in [3.05, 3.63) is 11.3 Å². The van der Waals surface area contributed by atoms with Crippen molar-refractivity contribution in [2.75, 3.05) is 26.7 Å². The number of amides is 3. The Kier molecular flexibility index (Phi) is 7.41. The predicted molar refractivity (Wildman–Crippen MR) is 94.8 cm³/mol. The van der Waals surface area contributed by atoms with Crippen LogP contribution in [0.15, 0.2) is 11.3 Å². The molecule has 1 atom stereocenters. The van der Waals surface area contributed by atoms with Gasteiger partial charge in [-0.25, -0.2) is 9.59 Å². The average Bonchev–Trinajstić information content (AvgIpc) is 2.44. The van der Waals surface area contributed by atoms with Gasteiger partial charge < -0.3 is 20.7 Å². The van der Waals surface area contributed by atoms with Gasteiger partial charge >= 0.3 is 12.0 Å². The van der Waals surface area contributed by atoms with Crippen LogP contribution in [0.4, 0.5) is 4.79 Å². The summed E-state index contributed by atoms with van der Waals surface area (Å²) in [6, 6.07) is -0.762. The van der Waals surface area contributed by atoms with E-state index in [1.54, 1.807) is 18.9 Å². The van der Waals surface area contributed by atoms with E-state index in [2.05, 4.69) is 16.0 Å². The van der Waals surface area contributed by atoms with Gasteiger partial charge in [-0.3, -0.25) is 9.69 Å². The van der Waals surface area contributed by atoms with Gasteiger partial charge in [0.2, 0.25) is 5.91 Å². The second kappa shape index (κ2) is 8.84. The smallest absolute Gasteiger partial charge is 0.337 e. The van der Waals surface area contributed by atoms with Crippen molar-refractivity contribution in [1.82, 2.24) is 20.9 Å². The predicted octanol–water partition coefficient (Wildman–Crippen LogP) is 0.742. The first-order chi connectivity index (χ1) is 11.6. The SMILES string of the molecule is CCOC(=O)C1=C(CN(C)CC(=O)NC(C)(C)C)NC(=O)N[C@H]1CC. The molecule has 0 saturated heterocycles. The van der Waals surface area contributed by atoms with Crippen LogP contribution in [0.1, 0.15) is 41.0 Å². The Hall–Kier alpha value is -2.09. The monoisotopic (exact) mass is 354 g/mol. The molecule has 1 rings (SSSR count). The molecule has 0 unspecified atom stereocenters. The van der Waals surface area contributed by atoms with Crippen molar-refractivity contribution in [3.8, 4) is 0 Å². The van der Waals surface area contributed by atoms with Crippen LogP contribution >= 0.6 is 0 Å². The molecule has 1 aliphatic heterocycles. The molecule has 3 amide bonds. The van der Waals surface area contributed by atoms with E-state index in [9.17, 15) is 14.4 Å². The summed E-state index contributed by atoms with van der Waals surface area (Å²) >= 11 is 0. The Balaban J connectivity index is 2.93. The summed E-state index contributed by atoms with van der Waals surface area (Å²) < 4.78 is 5.12. The number of hydrogen-bond acceptors (Lipinski definition) is 5. The minimum atomic E-state index is -0.454. The fourth-order valence-electron chi connectivity index (χ4n) is 2.62. The molecule has 3 N–H and O–H groups in total. The number of rotatable bonds is 7. The first-order valence-electron chi connectivity index (χ1n) is 8.54. The summed E-state index contributed by atoms with van der Waals surface area (Å²) in [5.74, 6) is -0.579. The molecule has 0 aromatic rings. The molecule has 1 heterocycles. The van der Waals surface area contributed by atoms with Crippen LogP contribution in [-0.4, -0.2) is 61.1 Å². The number of nitrogens with zero attached hydrogens (tertiary/aromatic N) is 1. The number of carbonyl (C=O) groups excluding carboxylic acids is 3. The quantitative estimate of drug-likeness (QED) is 0.586. The van der Waals surface area contributed by atoms with Gasteiger partial charge in [0, 0.05) is 17.8 Å². The second-order valence-corrected chi connectivity index (χ2v) is 7.14. The first-order valence-corrected chi connectivity index (χ1v) is 8.54. The van der Waals surface area contributed by atoms with Crippen molar-refractivity contribution in [3.63, 3.8) is 0 Å². The van der Waals surface area contributed by atoms with Gasteiger partial charge in [-0.15, -0.1) is 0 Å². The van der Waals surface area contributed by atoms with Crippen molar-refractivity contribution in [2.45, 2.75) is 52.6 Å². The Morgan fingerprint density at radius 3 is 2.44 bits per heavy atom. The lowest BCUT2D eigenvalue weighted by Gasteiger charge is -2.30. The van der Waals surface area contributed by atoms with Gasteiger partial charge in [0.15, 0.2) is 0 Å². The summed E-state index contributed by atoms with van der Waals surface area (Å²) in [4.78, 5) is 38.0. The zero-order valence-corrected chi connectivity index (χ0v) is 16.0. The lowest BCUT2D eigenvalue weighted by molar-refractivity contribution is -0.139. The second-order valence-electron chi connectivity index (χ2n) is 7.14. The highest BCUT2D eigenvalue weighted by Crippen LogP contribution is 2.17. The summed E-state index contributed by atoms with van der Waals surface area (Å²) in [6.45, 7) is 10.0. The van der Waals surface area contributed by atoms with E-state index in [4.69, 9.17) is 4.74 Å². The largest absolute Gasteiger partial charge is 0.463 e. The molecular weight excluding hydrogens is 324 g/mol. The standard InChI is InChI=1S/C17H30N4O4/c1-7-11-14(15(23)25-8-2)12(19-16(24)18-11)9-21(6)10-13(22)20-17(3,4)5/h11H,7-10H2,1-6H3,(H,20,22)(H2,18,19,24)/t11-/m0/s1. The highest BCUT2D eigenvalue weighted by atomic mass is 16.5. The number of nitrogens with one attached hydrogen (secondary N) is 3. The molecule has 0 saturated carbocycles. The van der Waals surface area contributed by atoms with E-state index in [-0.39, 0.29) is 37.2 Å². The third kappa shape index (κ3) is 6.74. The van der Waals surface area contributed by atoms with Crippen LogP contribution in [0.3, 0.4) is 0 Å². The third-order valence-corrected chi connectivity index (χ3v) is 3.50. The summed E-state index contributed by atoms with van der Waals surface area (Å²) in [6.07, 6.45) is 0.569. The van der Waals surface area contributed by atoms with Gasteiger partial charge in [-0.05, 0) is 41.2 Å². The van der Waals surface area contributed by atoms with E-state index in [1.807, 2.05) is 27.7 Å². The first kappa shape index (κ1) is 21.0. The van der Waals surface area contributed by atoms with E-state index in [1.165, 1.54) is 0 Å². The number of ether oxygens (including phenoxy) is 1. The number of esters is 1. The maximum Gasteiger partial charge on any atom is 0.337 e. The van der Waals surface area contributed by atoms with Gasteiger partial charge in [-0.2, -0.15) is 0 Å². The van der Waals surface area contributed by atoms with E-state index in [0.29, 0.717) is 17.7 Å². The van der Waals surface area contributed by atoms with E-state index < -0.39 is 12.0 Å². The van der Waals surface area contributed by atoms with Crippen molar-refractivity contribution < 1.29 is 19.1 Å². The number of carbonyl (C=O) groups is 3.